The monoisotopic (exact) mass is 279 g/mol. The maximum atomic E-state index is 12.4. The number of rotatable bonds is 6. The average molecular weight is 279 g/mol. The number of carbonyl (C=O) groups excluding carboxylic acids is 1. The standard InChI is InChI=1S/C11H16F3N3O2/c1-3-19-6-4-5-15-10(18)8-7-9(11(12,13)14)16-17(8)2/h7H,3-6H2,1-2H3,(H,15,18). The van der Waals surface area contributed by atoms with Crippen molar-refractivity contribution in [3.63, 3.8) is 0 Å². The summed E-state index contributed by atoms with van der Waals surface area (Å²) in [5.41, 5.74) is -1.20. The molecule has 0 aliphatic rings. The van der Waals surface area contributed by atoms with Crippen molar-refractivity contribution in [3.05, 3.63) is 17.5 Å². The Morgan fingerprint density at radius 2 is 2.21 bits per heavy atom. The van der Waals surface area contributed by atoms with E-state index in [1.54, 1.807) is 0 Å². The van der Waals surface area contributed by atoms with Gasteiger partial charge in [0.1, 0.15) is 5.69 Å². The second-order valence-electron chi connectivity index (χ2n) is 3.84. The van der Waals surface area contributed by atoms with Crippen LogP contribution in [0, 0.1) is 0 Å². The van der Waals surface area contributed by atoms with Crippen LogP contribution in [0.3, 0.4) is 0 Å². The Morgan fingerprint density at radius 3 is 2.74 bits per heavy atom. The van der Waals surface area contributed by atoms with Gasteiger partial charge in [-0.05, 0) is 13.3 Å². The Kier molecular flexibility index (Phi) is 5.34. The number of nitrogens with one attached hydrogen (secondary N) is 1. The van der Waals surface area contributed by atoms with Crippen LogP contribution in [-0.4, -0.2) is 35.4 Å². The summed E-state index contributed by atoms with van der Waals surface area (Å²) in [5, 5.41) is 5.78. The Bertz CT molecular complexity index is 429. The van der Waals surface area contributed by atoms with E-state index in [0.717, 1.165) is 10.7 Å². The van der Waals surface area contributed by atoms with Crippen LogP contribution in [0.15, 0.2) is 6.07 Å². The lowest BCUT2D eigenvalue weighted by molar-refractivity contribution is -0.141. The van der Waals surface area contributed by atoms with E-state index in [9.17, 15) is 18.0 Å². The first-order chi connectivity index (χ1) is 8.86. The molecule has 0 atom stereocenters. The van der Waals surface area contributed by atoms with E-state index in [4.69, 9.17) is 4.74 Å². The minimum absolute atomic E-state index is 0.122. The maximum absolute atomic E-state index is 12.4. The molecule has 1 heterocycles. The largest absolute Gasteiger partial charge is 0.435 e. The summed E-state index contributed by atoms with van der Waals surface area (Å²) >= 11 is 0. The predicted octanol–water partition coefficient (Wildman–Crippen LogP) is 1.60. The topological polar surface area (TPSA) is 56.1 Å². The molecule has 1 aromatic rings. The van der Waals surface area contributed by atoms with Crippen molar-refractivity contribution in [3.8, 4) is 0 Å². The van der Waals surface area contributed by atoms with Crippen molar-refractivity contribution in [1.29, 1.82) is 0 Å². The maximum Gasteiger partial charge on any atom is 0.435 e. The summed E-state index contributed by atoms with van der Waals surface area (Å²) < 4.78 is 43.2. The molecular formula is C11H16F3N3O2. The molecule has 1 amide bonds. The normalized spacial score (nSPS) is 11.6. The molecule has 0 unspecified atom stereocenters. The molecule has 0 bridgehead atoms. The predicted molar refractivity (Wildman–Crippen MR) is 61.7 cm³/mol. The van der Waals surface area contributed by atoms with Crippen molar-refractivity contribution in [2.24, 2.45) is 7.05 Å². The molecule has 0 saturated heterocycles. The minimum Gasteiger partial charge on any atom is -0.382 e. The van der Waals surface area contributed by atoms with E-state index in [-0.39, 0.29) is 5.69 Å². The Balaban J connectivity index is 2.55. The number of nitrogens with zero attached hydrogens (tertiary/aromatic N) is 2. The summed E-state index contributed by atoms with van der Waals surface area (Å²) in [6.45, 7) is 3.28. The first-order valence-corrected chi connectivity index (χ1v) is 5.83. The Hall–Kier alpha value is -1.57. The number of halogens is 3. The molecule has 0 aromatic carbocycles. The highest BCUT2D eigenvalue weighted by Crippen LogP contribution is 2.28. The van der Waals surface area contributed by atoms with Gasteiger partial charge in [-0.3, -0.25) is 9.48 Å². The van der Waals surface area contributed by atoms with Crippen LogP contribution in [0.2, 0.25) is 0 Å². The number of hydrogen-bond donors (Lipinski definition) is 1. The minimum atomic E-state index is -4.55. The third-order valence-corrected chi connectivity index (χ3v) is 2.36. The van der Waals surface area contributed by atoms with Gasteiger partial charge in [0.2, 0.25) is 0 Å². The highest BCUT2D eigenvalue weighted by molar-refractivity contribution is 5.92. The van der Waals surface area contributed by atoms with Crippen LogP contribution < -0.4 is 5.32 Å². The van der Waals surface area contributed by atoms with Crippen molar-refractivity contribution in [2.75, 3.05) is 19.8 Å². The smallest absolute Gasteiger partial charge is 0.382 e. The Labute approximate surface area is 108 Å². The SMILES string of the molecule is CCOCCCNC(=O)c1cc(C(F)(F)F)nn1C. The molecule has 8 heteroatoms. The summed E-state index contributed by atoms with van der Waals surface area (Å²) in [6.07, 6.45) is -3.95. The van der Waals surface area contributed by atoms with Crippen molar-refractivity contribution < 1.29 is 22.7 Å². The number of alkyl halides is 3. The highest BCUT2D eigenvalue weighted by Gasteiger charge is 2.35. The number of amides is 1. The summed E-state index contributed by atoms with van der Waals surface area (Å²) in [7, 11) is 1.30. The molecule has 0 aliphatic carbocycles. The fourth-order valence-corrected chi connectivity index (χ4v) is 1.43. The van der Waals surface area contributed by atoms with Gasteiger partial charge in [-0.15, -0.1) is 0 Å². The number of aromatic nitrogens is 2. The molecular weight excluding hydrogens is 263 g/mol. The van der Waals surface area contributed by atoms with Gasteiger partial charge in [-0.1, -0.05) is 0 Å². The van der Waals surface area contributed by atoms with Crippen LogP contribution in [0.4, 0.5) is 13.2 Å². The van der Waals surface area contributed by atoms with Gasteiger partial charge in [0.15, 0.2) is 5.69 Å². The fourth-order valence-electron chi connectivity index (χ4n) is 1.43. The number of hydrogen-bond acceptors (Lipinski definition) is 3. The second-order valence-corrected chi connectivity index (χ2v) is 3.84. The lowest BCUT2D eigenvalue weighted by Gasteiger charge is -2.05. The van der Waals surface area contributed by atoms with Crippen LogP contribution in [0.1, 0.15) is 29.5 Å². The molecule has 0 saturated carbocycles. The van der Waals surface area contributed by atoms with Gasteiger partial charge in [0, 0.05) is 32.9 Å². The number of carbonyl (C=O) groups is 1. The van der Waals surface area contributed by atoms with E-state index in [0.29, 0.717) is 26.2 Å². The van der Waals surface area contributed by atoms with Gasteiger partial charge >= 0.3 is 6.18 Å². The van der Waals surface area contributed by atoms with Gasteiger partial charge < -0.3 is 10.1 Å². The van der Waals surface area contributed by atoms with E-state index < -0.39 is 17.8 Å². The molecule has 1 aromatic heterocycles. The zero-order valence-corrected chi connectivity index (χ0v) is 10.8. The molecule has 1 N–H and O–H groups in total. The lowest BCUT2D eigenvalue weighted by Crippen LogP contribution is -2.27. The number of ether oxygens (including phenoxy) is 1. The van der Waals surface area contributed by atoms with Crippen molar-refractivity contribution >= 4 is 5.91 Å². The zero-order valence-electron chi connectivity index (χ0n) is 10.8. The first-order valence-electron chi connectivity index (χ1n) is 5.83. The van der Waals surface area contributed by atoms with E-state index in [2.05, 4.69) is 10.4 Å². The molecule has 5 nitrogen and oxygen atoms in total. The molecule has 0 aliphatic heterocycles. The van der Waals surface area contributed by atoms with Gasteiger partial charge in [-0.2, -0.15) is 18.3 Å². The van der Waals surface area contributed by atoms with Crippen molar-refractivity contribution in [2.45, 2.75) is 19.5 Å². The molecule has 1 rings (SSSR count). The first kappa shape index (κ1) is 15.5. The third-order valence-electron chi connectivity index (χ3n) is 2.36. The fraction of sp³-hybridized carbons (Fsp3) is 0.636. The van der Waals surface area contributed by atoms with Gasteiger partial charge in [0.05, 0.1) is 0 Å². The van der Waals surface area contributed by atoms with E-state index >= 15 is 0 Å². The molecule has 19 heavy (non-hydrogen) atoms. The summed E-state index contributed by atoms with van der Waals surface area (Å²) in [6, 6.07) is 0.734. The lowest BCUT2D eigenvalue weighted by atomic mass is 10.3. The Morgan fingerprint density at radius 1 is 1.53 bits per heavy atom. The summed E-state index contributed by atoms with van der Waals surface area (Å²) in [4.78, 5) is 11.7. The van der Waals surface area contributed by atoms with Crippen LogP contribution in [0.5, 0.6) is 0 Å². The third kappa shape index (κ3) is 4.55. The zero-order chi connectivity index (χ0) is 14.5. The van der Waals surface area contributed by atoms with E-state index in [1.807, 2.05) is 6.92 Å². The summed E-state index contributed by atoms with van der Waals surface area (Å²) in [5.74, 6) is -0.581. The van der Waals surface area contributed by atoms with Crippen LogP contribution in [0.25, 0.3) is 0 Å². The second kappa shape index (κ2) is 6.55. The molecule has 0 radical (unpaired) electrons. The van der Waals surface area contributed by atoms with Gasteiger partial charge in [0.25, 0.3) is 5.91 Å². The van der Waals surface area contributed by atoms with Crippen LogP contribution in [-0.2, 0) is 18.0 Å². The average Bonchev–Trinajstić information content (AvgIpc) is 2.70. The number of aryl methyl sites for hydroxylation is 1. The van der Waals surface area contributed by atoms with Crippen LogP contribution >= 0.6 is 0 Å². The van der Waals surface area contributed by atoms with Gasteiger partial charge in [-0.25, -0.2) is 0 Å². The van der Waals surface area contributed by atoms with E-state index in [1.165, 1.54) is 7.05 Å². The molecule has 0 fully saturated rings. The highest BCUT2D eigenvalue weighted by atomic mass is 19.4. The van der Waals surface area contributed by atoms with Crippen molar-refractivity contribution in [1.82, 2.24) is 15.1 Å². The molecule has 0 spiro atoms. The molecule has 108 valence electrons. The quantitative estimate of drug-likeness (QED) is 0.805.